The number of amides is 1. The third kappa shape index (κ3) is 2.57. The molecule has 0 unspecified atom stereocenters. The predicted octanol–water partition coefficient (Wildman–Crippen LogP) is 1.78. The third-order valence-electron chi connectivity index (χ3n) is 2.11. The van der Waals surface area contributed by atoms with Gasteiger partial charge in [0.25, 0.3) is 0 Å². The van der Waals surface area contributed by atoms with E-state index in [4.69, 9.17) is 0 Å². The first-order valence-corrected chi connectivity index (χ1v) is 4.58. The van der Waals surface area contributed by atoms with Crippen molar-refractivity contribution in [3.63, 3.8) is 0 Å². The summed E-state index contributed by atoms with van der Waals surface area (Å²) in [5.41, 5.74) is 0. The third-order valence-corrected chi connectivity index (χ3v) is 2.11. The summed E-state index contributed by atoms with van der Waals surface area (Å²) in [6.07, 6.45) is 3.36. The van der Waals surface area contributed by atoms with E-state index in [1.807, 2.05) is 13.8 Å². The molecule has 72 valence electrons. The average Bonchev–Trinajstić information content (AvgIpc) is 2.59. The van der Waals surface area contributed by atoms with Crippen LogP contribution >= 0.6 is 0 Å². The van der Waals surface area contributed by atoms with Crippen molar-refractivity contribution in [2.24, 2.45) is 5.92 Å². The quantitative estimate of drug-likeness (QED) is 0.743. The summed E-state index contributed by atoms with van der Waals surface area (Å²) >= 11 is 0. The number of anilines is 1. The largest absolute Gasteiger partial charge is 0.311 e. The van der Waals surface area contributed by atoms with Gasteiger partial charge in [-0.1, -0.05) is 13.8 Å². The number of aromatic amines is 1. The summed E-state index contributed by atoms with van der Waals surface area (Å²) in [5.74, 6) is 0.828. The van der Waals surface area contributed by atoms with E-state index in [1.165, 1.54) is 0 Å². The molecule has 0 atom stereocenters. The topological polar surface area (TPSA) is 57.8 Å². The number of carbonyl (C=O) groups is 1. The van der Waals surface area contributed by atoms with Gasteiger partial charge in [-0.15, -0.1) is 0 Å². The van der Waals surface area contributed by atoms with E-state index < -0.39 is 0 Å². The van der Waals surface area contributed by atoms with E-state index in [0.29, 0.717) is 5.82 Å². The molecule has 0 aromatic carbocycles. The number of nitrogens with zero attached hydrogens (tertiary/aromatic N) is 1. The first-order chi connectivity index (χ1) is 6.27. The molecule has 0 bridgehead atoms. The molecular formula is C9H15N3O. The maximum absolute atomic E-state index is 11.5. The standard InChI is InChI=1S/C9H15N3O/c1-3-7(4-2)9(13)11-8-5-6-10-12-8/h5-7H,3-4H2,1-2H3,(H2,10,11,12,13). The van der Waals surface area contributed by atoms with Crippen molar-refractivity contribution in [3.05, 3.63) is 12.3 Å². The zero-order valence-corrected chi connectivity index (χ0v) is 8.00. The number of hydrogen-bond donors (Lipinski definition) is 2. The lowest BCUT2D eigenvalue weighted by Crippen LogP contribution is -2.21. The predicted molar refractivity (Wildman–Crippen MR) is 51.3 cm³/mol. The smallest absolute Gasteiger partial charge is 0.228 e. The summed E-state index contributed by atoms with van der Waals surface area (Å²) in [6, 6.07) is 1.74. The molecule has 1 aromatic heterocycles. The van der Waals surface area contributed by atoms with Gasteiger partial charge < -0.3 is 5.32 Å². The molecule has 13 heavy (non-hydrogen) atoms. The van der Waals surface area contributed by atoms with E-state index >= 15 is 0 Å². The van der Waals surface area contributed by atoms with Gasteiger partial charge in [0.1, 0.15) is 5.82 Å². The SMILES string of the molecule is CCC(CC)C(=O)Nc1ccn[nH]1. The number of aromatic nitrogens is 2. The van der Waals surface area contributed by atoms with E-state index in [2.05, 4.69) is 15.5 Å². The second-order valence-electron chi connectivity index (χ2n) is 2.97. The fraction of sp³-hybridized carbons (Fsp3) is 0.556. The van der Waals surface area contributed by atoms with Gasteiger partial charge in [-0.25, -0.2) is 0 Å². The van der Waals surface area contributed by atoms with Crippen LogP contribution in [0.15, 0.2) is 12.3 Å². The second kappa shape index (κ2) is 4.64. The number of hydrogen-bond acceptors (Lipinski definition) is 2. The Labute approximate surface area is 77.7 Å². The molecule has 0 spiro atoms. The van der Waals surface area contributed by atoms with Crippen LogP contribution in [0.2, 0.25) is 0 Å². The van der Waals surface area contributed by atoms with Gasteiger partial charge in [-0.2, -0.15) is 5.10 Å². The Balaban J connectivity index is 2.49. The molecule has 1 rings (SSSR count). The fourth-order valence-corrected chi connectivity index (χ4v) is 1.22. The highest BCUT2D eigenvalue weighted by atomic mass is 16.1. The lowest BCUT2D eigenvalue weighted by Gasteiger charge is -2.10. The maximum Gasteiger partial charge on any atom is 0.228 e. The molecule has 0 fully saturated rings. The lowest BCUT2D eigenvalue weighted by atomic mass is 10.0. The summed E-state index contributed by atoms with van der Waals surface area (Å²) in [6.45, 7) is 4.03. The second-order valence-corrected chi connectivity index (χ2v) is 2.97. The lowest BCUT2D eigenvalue weighted by molar-refractivity contribution is -0.120. The number of H-pyrrole nitrogens is 1. The van der Waals surface area contributed by atoms with E-state index in [-0.39, 0.29) is 11.8 Å². The molecule has 0 aliphatic heterocycles. The number of carbonyl (C=O) groups excluding carboxylic acids is 1. The van der Waals surface area contributed by atoms with Gasteiger partial charge in [0.15, 0.2) is 0 Å². The van der Waals surface area contributed by atoms with Gasteiger partial charge in [0, 0.05) is 12.0 Å². The maximum atomic E-state index is 11.5. The minimum atomic E-state index is 0.0641. The molecule has 0 aliphatic carbocycles. The van der Waals surface area contributed by atoms with Crippen molar-refractivity contribution in [1.82, 2.24) is 10.2 Å². The van der Waals surface area contributed by atoms with Crippen LogP contribution in [-0.2, 0) is 4.79 Å². The minimum Gasteiger partial charge on any atom is -0.311 e. The van der Waals surface area contributed by atoms with Crippen LogP contribution < -0.4 is 5.32 Å². The van der Waals surface area contributed by atoms with Crippen molar-refractivity contribution in [2.45, 2.75) is 26.7 Å². The molecule has 1 amide bonds. The van der Waals surface area contributed by atoms with Crippen LogP contribution in [0.5, 0.6) is 0 Å². The Morgan fingerprint density at radius 3 is 2.77 bits per heavy atom. The Morgan fingerprint density at radius 2 is 2.31 bits per heavy atom. The highest BCUT2D eigenvalue weighted by molar-refractivity contribution is 5.91. The van der Waals surface area contributed by atoms with Crippen molar-refractivity contribution >= 4 is 11.7 Å². The summed E-state index contributed by atoms with van der Waals surface area (Å²) < 4.78 is 0. The molecule has 4 heteroatoms. The summed E-state index contributed by atoms with van der Waals surface area (Å²) in [7, 11) is 0. The molecule has 2 N–H and O–H groups in total. The summed E-state index contributed by atoms with van der Waals surface area (Å²) in [5, 5.41) is 9.20. The number of rotatable bonds is 4. The van der Waals surface area contributed by atoms with Crippen LogP contribution in [0.1, 0.15) is 26.7 Å². The van der Waals surface area contributed by atoms with E-state index in [1.54, 1.807) is 12.3 Å². The van der Waals surface area contributed by atoms with Crippen LogP contribution in [0.4, 0.5) is 5.82 Å². The fourth-order valence-electron chi connectivity index (χ4n) is 1.22. The monoisotopic (exact) mass is 181 g/mol. The zero-order valence-electron chi connectivity index (χ0n) is 8.00. The highest BCUT2D eigenvalue weighted by Gasteiger charge is 2.13. The van der Waals surface area contributed by atoms with E-state index in [9.17, 15) is 4.79 Å². The van der Waals surface area contributed by atoms with Gasteiger partial charge in [-0.05, 0) is 12.8 Å². The van der Waals surface area contributed by atoms with Gasteiger partial charge in [0.2, 0.25) is 5.91 Å². The van der Waals surface area contributed by atoms with Crippen molar-refractivity contribution in [3.8, 4) is 0 Å². The van der Waals surface area contributed by atoms with Crippen molar-refractivity contribution in [1.29, 1.82) is 0 Å². The van der Waals surface area contributed by atoms with Crippen LogP contribution in [-0.4, -0.2) is 16.1 Å². The first-order valence-electron chi connectivity index (χ1n) is 4.58. The minimum absolute atomic E-state index is 0.0641. The van der Waals surface area contributed by atoms with Gasteiger partial charge >= 0.3 is 0 Å². The summed E-state index contributed by atoms with van der Waals surface area (Å²) in [4.78, 5) is 11.5. The molecule has 1 heterocycles. The molecule has 0 saturated heterocycles. The molecule has 0 saturated carbocycles. The van der Waals surface area contributed by atoms with Gasteiger partial charge in [0.05, 0.1) is 6.20 Å². The molecule has 1 aromatic rings. The van der Waals surface area contributed by atoms with Crippen molar-refractivity contribution < 1.29 is 4.79 Å². The van der Waals surface area contributed by atoms with Gasteiger partial charge in [-0.3, -0.25) is 9.89 Å². The van der Waals surface area contributed by atoms with Crippen molar-refractivity contribution in [2.75, 3.05) is 5.32 Å². The Bertz CT molecular complexity index is 252. The highest BCUT2D eigenvalue weighted by Crippen LogP contribution is 2.10. The Hall–Kier alpha value is -1.32. The number of nitrogens with one attached hydrogen (secondary N) is 2. The Morgan fingerprint density at radius 1 is 1.62 bits per heavy atom. The Kier molecular flexibility index (Phi) is 3.49. The molecular weight excluding hydrogens is 166 g/mol. The normalized spacial score (nSPS) is 10.4. The first kappa shape index (κ1) is 9.77. The average molecular weight is 181 g/mol. The van der Waals surface area contributed by atoms with Crippen LogP contribution in [0.3, 0.4) is 0 Å². The van der Waals surface area contributed by atoms with Crippen LogP contribution in [0, 0.1) is 5.92 Å². The molecule has 0 radical (unpaired) electrons. The van der Waals surface area contributed by atoms with E-state index in [0.717, 1.165) is 12.8 Å². The molecule has 4 nitrogen and oxygen atoms in total. The molecule has 0 aliphatic rings. The zero-order chi connectivity index (χ0) is 9.68. The van der Waals surface area contributed by atoms with Crippen LogP contribution in [0.25, 0.3) is 0 Å².